The summed E-state index contributed by atoms with van der Waals surface area (Å²) in [4.78, 5) is 28.5. The fourth-order valence-corrected chi connectivity index (χ4v) is 6.20. The molecule has 1 N–H and O–H groups in total. The molecule has 178 valence electrons. The van der Waals surface area contributed by atoms with Crippen molar-refractivity contribution in [3.05, 3.63) is 29.6 Å². The molecule has 0 spiro atoms. The monoisotopic (exact) mass is 475 g/mol. The minimum absolute atomic E-state index is 0.0203. The first-order valence-corrected chi connectivity index (χ1v) is 12.5. The van der Waals surface area contributed by atoms with Crippen molar-refractivity contribution in [2.24, 2.45) is 0 Å². The van der Waals surface area contributed by atoms with Gasteiger partial charge in [0.05, 0.1) is 30.3 Å². The zero-order valence-corrected chi connectivity index (χ0v) is 18.8. The maximum atomic E-state index is 13.8. The van der Waals surface area contributed by atoms with Gasteiger partial charge in [-0.15, -0.1) is 0 Å². The van der Waals surface area contributed by atoms with E-state index < -0.39 is 38.9 Å². The lowest BCUT2D eigenvalue weighted by Gasteiger charge is -2.39. The molecule has 0 radical (unpaired) electrons. The van der Waals surface area contributed by atoms with E-state index in [-0.39, 0.29) is 42.6 Å². The largest absolute Gasteiger partial charge is 0.335 e. The van der Waals surface area contributed by atoms with Gasteiger partial charge in [-0.25, -0.2) is 21.6 Å². The molecule has 1 saturated heterocycles. The van der Waals surface area contributed by atoms with Crippen LogP contribution in [-0.4, -0.2) is 73.8 Å². The van der Waals surface area contributed by atoms with Gasteiger partial charge in [-0.3, -0.25) is 14.5 Å². The molecule has 7 nitrogen and oxygen atoms in total. The highest BCUT2D eigenvalue weighted by Gasteiger charge is 2.38. The Hall–Kier alpha value is -2.14. The van der Waals surface area contributed by atoms with Crippen molar-refractivity contribution < 1.29 is 31.2 Å². The van der Waals surface area contributed by atoms with Crippen LogP contribution in [0.5, 0.6) is 0 Å². The van der Waals surface area contributed by atoms with E-state index in [1.54, 1.807) is 4.90 Å². The van der Waals surface area contributed by atoms with E-state index in [1.807, 2.05) is 0 Å². The van der Waals surface area contributed by atoms with E-state index in [2.05, 4.69) is 5.32 Å². The molecule has 1 atom stereocenters. The minimum Gasteiger partial charge on any atom is -0.335 e. The third kappa shape index (κ3) is 6.00. The van der Waals surface area contributed by atoms with Crippen LogP contribution in [0.15, 0.2) is 12.1 Å². The predicted octanol–water partition coefficient (Wildman–Crippen LogP) is 2.32. The van der Waals surface area contributed by atoms with Crippen LogP contribution in [0.25, 0.3) is 0 Å². The second kappa shape index (κ2) is 10.2. The van der Waals surface area contributed by atoms with Crippen molar-refractivity contribution in [1.29, 1.82) is 0 Å². The number of nitrogens with one attached hydrogen (secondary N) is 1. The van der Waals surface area contributed by atoms with Crippen molar-refractivity contribution in [2.75, 3.05) is 37.0 Å². The molecule has 1 aliphatic heterocycles. The minimum atomic E-state index is -3.17. The van der Waals surface area contributed by atoms with Gasteiger partial charge in [0, 0.05) is 12.1 Å². The third-order valence-electron chi connectivity index (χ3n) is 5.99. The van der Waals surface area contributed by atoms with Gasteiger partial charge in [-0.2, -0.15) is 0 Å². The van der Waals surface area contributed by atoms with Crippen LogP contribution in [0.4, 0.5) is 18.9 Å². The fraction of sp³-hybridized carbons (Fsp3) is 0.619. The Bertz CT molecular complexity index is 967. The number of sulfone groups is 1. The number of carbonyl (C=O) groups excluding carboxylic acids is 2. The summed E-state index contributed by atoms with van der Waals surface area (Å²) in [6.45, 7) is -0.410. The lowest BCUT2D eigenvalue weighted by Crippen LogP contribution is -2.52. The van der Waals surface area contributed by atoms with E-state index in [0.717, 1.165) is 38.2 Å². The van der Waals surface area contributed by atoms with E-state index in [4.69, 9.17) is 0 Å². The number of anilines is 1. The summed E-state index contributed by atoms with van der Waals surface area (Å²) in [5.74, 6) is -5.48. The maximum Gasteiger partial charge on any atom is 0.238 e. The first-order chi connectivity index (χ1) is 15.1. The summed E-state index contributed by atoms with van der Waals surface area (Å²) in [7, 11) is -1.64. The second-order valence-electron chi connectivity index (χ2n) is 8.59. The second-order valence-corrected chi connectivity index (χ2v) is 10.8. The number of hydrogen-bond donors (Lipinski definition) is 1. The summed E-state index contributed by atoms with van der Waals surface area (Å²) in [5.41, 5.74) is -0.492. The quantitative estimate of drug-likeness (QED) is 0.612. The Kier molecular flexibility index (Phi) is 7.81. The van der Waals surface area contributed by atoms with Gasteiger partial charge in [0.15, 0.2) is 27.3 Å². The molecule has 32 heavy (non-hydrogen) atoms. The van der Waals surface area contributed by atoms with Crippen LogP contribution < -0.4 is 5.32 Å². The SMILES string of the molecule is CN(CC(=O)Nc1ccc(F)c(F)c1F)CC(=O)N(C1CCCCC1)[C@@H]1CCS(=O)(=O)C1. The van der Waals surface area contributed by atoms with Crippen molar-refractivity contribution in [2.45, 2.75) is 50.6 Å². The molecule has 0 aromatic heterocycles. The third-order valence-corrected chi connectivity index (χ3v) is 7.74. The molecular weight excluding hydrogens is 447 g/mol. The number of carbonyl (C=O) groups is 2. The number of benzene rings is 1. The Morgan fingerprint density at radius 3 is 2.31 bits per heavy atom. The van der Waals surface area contributed by atoms with Crippen molar-refractivity contribution in [1.82, 2.24) is 9.80 Å². The molecule has 3 rings (SSSR count). The highest BCUT2D eigenvalue weighted by Crippen LogP contribution is 2.28. The van der Waals surface area contributed by atoms with Gasteiger partial charge in [-0.05, 0) is 38.4 Å². The molecule has 1 saturated carbocycles. The zero-order valence-electron chi connectivity index (χ0n) is 18.0. The molecule has 1 aliphatic carbocycles. The normalized spacial score (nSPS) is 21.0. The molecule has 1 aromatic rings. The van der Waals surface area contributed by atoms with Crippen molar-refractivity contribution >= 4 is 27.3 Å². The molecule has 1 heterocycles. The molecule has 0 bridgehead atoms. The number of rotatable bonds is 7. The average molecular weight is 476 g/mol. The van der Waals surface area contributed by atoms with Crippen LogP contribution in [0.3, 0.4) is 0 Å². The molecule has 0 unspecified atom stereocenters. The van der Waals surface area contributed by atoms with Gasteiger partial charge in [0.25, 0.3) is 0 Å². The van der Waals surface area contributed by atoms with Crippen LogP contribution in [0.2, 0.25) is 0 Å². The average Bonchev–Trinajstić information content (AvgIpc) is 3.08. The number of halogens is 3. The predicted molar refractivity (Wildman–Crippen MR) is 113 cm³/mol. The van der Waals surface area contributed by atoms with Gasteiger partial charge < -0.3 is 10.2 Å². The molecule has 2 fully saturated rings. The van der Waals surface area contributed by atoms with E-state index in [9.17, 15) is 31.2 Å². The van der Waals surface area contributed by atoms with Gasteiger partial charge in [0.1, 0.15) is 0 Å². The first-order valence-electron chi connectivity index (χ1n) is 10.7. The highest BCUT2D eigenvalue weighted by molar-refractivity contribution is 7.91. The summed E-state index contributed by atoms with van der Waals surface area (Å²) >= 11 is 0. The number of nitrogens with zero attached hydrogens (tertiary/aromatic N) is 2. The summed E-state index contributed by atoms with van der Waals surface area (Å²) in [6, 6.07) is 1.24. The number of likely N-dealkylation sites (N-methyl/N-ethyl adjacent to an activating group) is 1. The van der Waals surface area contributed by atoms with E-state index >= 15 is 0 Å². The van der Waals surface area contributed by atoms with Crippen LogP contribution in [0.1, 0.15) is 38.5 Å². The van der Waals surface area contributed by atoms with Crippen LogP contribution in [-0.2, 0) is 19.4 Å². The maximum absolute atomic E-state index is 13.8. The van der Waals surface area contributed by atoms with Gasteiger partial charge in [-0.1, -0.05) is 19.3 Å². The van der Waals surface area contributed by atoms with Crippen molar-refractivity contribution in [3.63, 3.8) is 0 Å². The van der Waals surface area contributed by atoms with Gasteiger partial charge >= 0.3 is 0 Å². The lowest BCUT2D eigenvalue weighted by atomic mass is 9.93. The standard InChI is InChI=1S/C21H28F3N3O4S/c1-26(11-18(28)25-17-8-7-16(22)20(23)21(17)24)12-19(29)27(14-5-3-2-4-6-14)15-9-10-32(30,31)13-15/h7-8,14-15H,2-6,9-13H2,1H3,(H,25,28)/t15-/m1/s1. The van der Waals surface area contributed by atoms with E-state index in [1.165, 1.54) is 11.9 Å². The molecule has 2 aliphatic rings. The highest BCUT2D eigenvalue weighted by atomic mass is 32.2. The number of amides is 2. The molecule has 11 heteroatoms. The molecular formula is C21H28F3N3O4S. The summed E-state index contributed by atoms with van der Waals surface area (Å²) < 4.78 is 64.1. The first kappa shape index (κ1) is 24.5. The van der Waals surface area contributed by atoms with Crippen LogP contribution in [0, 0.1) is 17.5 Å². The Balaban J connectivity index is 1.62. The molecule has 2 amide bonds. The Morgan fingerprint density at radius 1 is 1.00 bits per heavy atom. The molecule has 1 aromatic carbocycles. The van der Waals surface area contributed by atoms with Crippen LogP contribution >= 0.6 is 0 Å². The topological polar surface area (TPSA) is 86.8 Å². The summed E-state index contributed by atoms with van der Waals surface area (Å²) in [5, 5.41) is 2.17. The van der Waals surface area contributed by atoms with Crippen molar-refractivity contribution in [3.8, 4) is 0 Å². The zero-order chi connectivity index (χ0) is 23.5. The number of hydrogen-bond acceptors (Lipinski definition) is 5. The van der Waals surface area contributed by atoms with Gasteiger partial charge in [0.2, 0.25) is 11.8 Å². The van der Waals surface area contributed by atoms with E-state index in [0.29, 0.717) is 12.5 Å². The Labute approximate surface area is 185 Å². The lowest BCUT2D eigenvalue weighted by molar-refractivity contribution is -0.137. The smallest absolute Gasteiger partial charge is 0.238 e. The fourth-order valence-electron chi connectivity index (χ4n) is 4.49. The summed E-state index contributed by atoms with van der Waals surface area (Å²) in [6.07, 6.45) is 5.09. The Morgan fingerprint density at radius 2 is 1.69 bits per heavy atom.